The summed E-state index contributed by atoms with van der Waals surface area (Å²) in [5.74, 6) is 0.396. The highest BCUT2D eigenvalue weighted by Crippen LogP contribution is 2.24. The number of nitrogens with zero attached hydrogens (tertiary/aromatic N) is 1. The third kappa shape index (κ3) is 5.22. The number of piperidine rings is 1. The Balaban J connectivity index is 1.73. The monoisotopic (exact) mass is 314 g/mol. The molecule has 1 aliphatic heterocycles. The van der Waals surface area contributed by atoms with Crippen molar-refractivity contribution in [3.05, 3.63) is 34.6 Å². The summed E-state index contributed by atoms with van der Waals surface area (Å²) in [6.45, 7) is 5.55. The lowest BCUT2D eigenvalue weighted by Crippen LogP contribution is -2.37. The highest BCUT2D eigenvalue weighted by molar-refractivity contribution is 6.31. The first-order chi connectivity index (χ1) is 10.2. The molecule has 1 heterocycles. The van der Waals surface area contributed by atoms with E-state index in [1.54, 1.807) is 13.2 Å². The number of ether oxygens (including phenoxy) is 1. The van der Waals surface area contributed by atoms with E-state index in [0.717, 1.165) is 50.8 Å². The minimum absolute atomic E-state index is 0.265. The highest BCUT2D eigenvalue weighted by Gasteiger charge is 2.19. The topological polar surface area (TPSA) is 24.5 Å². The molecule has 0 saturated carbocycles. The van der Waals surface area contributed by atoms with E-state index >= 15 is 0 Å². The number of halogens is 2. The zero-order chi connectivity index (χ0) is 15.1. The van der Waals surface area contributed by atoms with E-state index in [1.807, 2.05) is 6.07 Å². The smallest absolute Gasteiger partial charge is 0.142 e. The van der Waals surface area contributed by atoms with Gasteiger partial charge in [-0.15, -0.1) is 0 Å². The summed E-state index contributed by atoms with van der Waals surface area (Å²) < 4.78 is 18.5. The number of nitrogens with one attached hydrogen (secondary N) is 1. The third-order valence-electron chi connectivity index (χ3n) is 4.05. The van der Waals surface area contributed by atoms with Gasteiger partial charge in [0.15, 0.2) is 0 Å². The lowest BCUT2D eigenvalue weighted by molar-refractivity contribution is 0.168. The van der Waals surface area contributed by atoms with Crippen LogP contribution in [0.1, 0.15) is 18.4 Å². The maximum atomic E-state index is 13.4. The average molecular weight is 315 g/mol. The Morgan fingerprint density at radius 3 is 2.86 bits per heavy atom. The van der Waals surface area contributed by atoms with Gasteiger partial charge in [-0.3, -0.25) is 4.90 Å². The Morgan fingerprint density at radius 2 is 2.14 bits per heavy atom. The van der Waals surface area contributed by atoms with Crippen molar-refractivity contribution in [3.8, 4) is 0 Å². The van der Waals surface area contributed by atoms with Crippen LogP contribution in [0.5, 0.6) is 0 Å². The van der Waals surface area contributed by atoms with Crippen molar-refractivity contribution in [2.45, 2.75) is 19.4 Å². The zero-order valence-corrected chi connectivity index (χ0v) is 13.3. The Hall–Kier alpha value is -0.680. The number of hydrogen-bond acceptors (Lipinski definition) is 3. The Morgan fingerprint density at radius 1 is 1.38 bits per heavy atom. The molecule has 1 fully saturated rings. The fraction of sp³-hybridized carbons (Fsp3) is 0.625. The average Bonchev–Trinajstić information content (AvgIpc) is 2.50. The molecule has 0 atom stereocenters. The highest BCUT2D eigenvalue weighted by atomic mass is 35.5. The molecule has 0 spiro atoms. The minimum atomic E-state index is -0.327. The molecule has 1 aromatic rings. The first-order valence-electron chi connectivity index (χ1n) is 7.55. The molecule has 1 saturated heterocycles. The summed E-state index contributed by atoms with van der Waals surface area (Å²) in [5, 5.41) is 3.69. The fourth-order valence-corrected chi connectivity index (χ4v) is 2.93. The van der Waals surface area contributed by atoms with E-state index in [4.69, 9.17) is 16.3 Å². The molecular weight excluding hydrogens is 291 g/mol. The number of hydrogen-bond donors (Lipinski definition) is 1. The van der Waals surface area contributed by atoms with Gasteiger partial charge in [-0.25, -0.2) is 4.39 Å². The molecule has 0 radical (unpaired) electrons. The summed E-state index contributed by atoms with van der Waals surface area (Å²) in [7, 11) is 1.72. The number of rotatable bonds is 7. The van der Waals surface area contributed by atoms with Gasteiger partial charge >= 0.3 is 0 Å². The van der Waals surface area contributed by atoms with Crippen LogP contribution in [0, 0.1) is 11.7 Å². The molecule has 0 unspecified atom stereocenters. The van der Waals surface area contributed by atoms with Gasteiger partial charge in [0.25, 0.3) is 0 Å². The van der Waals surface area contributed by atoms with Gasteiger partial charge in [0.1, 0.15) is 5.82 Å². The normalized spacial score (nSPS) is 17.3. The molecular formula is C16H24ClFN2O. The van der Waals surface area contributed by atoms with Crippen molar-refractivity contribution < 1.29 is 9.13 Å². The van der Waals surface area contributed by atoms with E-state index < -0.39 is 0 Å². The molecule has 0 amide bonds. The van der Waals surface area contributed by atoms with Crippen LogP contribution < -0.4 is 5.32 Å². The number of methoxy groups -OCH3 is 1. The molecule has 2 rings (SSSR count). The predicted octanol–water partition coefficient (Wildman–Crippen LogP) is 2.93. The SMILES string of the molecule is COCCNCC1CCN(Cc2cccc(F)c2Cl)CC1. The quantitative estimate of drug-likeness (QED) is 0.783. The van der Waals surface area contributed by atoms with Crippen LogP contribution in [-0.4, -0.2) is 44.8 Å². The largest absolute Gasteiger partial charge is 0.383 e. The Labute approximate surface area is 131 Å². The van der Waals surface area contributed by atoms with Crippen molar-refractivity contribution in [1.29, 1.82) is 0 Å². The van der Waals surface area contributed by atoms with Crippen LogP contribution in [0.4, 0.5) is 4.39 Å². The second-order valence-electron chi connectivity index (χ2n) is 5.63. The zero-order valence-electron chi connectivity index (χ0n) is 12.6. The molecule has 118 valence electrons. The van der Waals surface area contributed by atoms with Crippen molar-refractivity contribution in [1.82, 2.24) is 10.2 Å². The number of benzene rings is 1. The van der Waals surface area contributed by atoms with Gasteiger partial charge in [0.05, 0.1) is 11.6 Å². The lowest BCUT2D eigenvalue weighted by atomic mass is 9.96. The summed E-state index contributed by atoms with van der Waals surface area (Å²) in [4.78, 5) is 2.35. The van der Waals surface area contributed by atoms with Gasteiger partial charge in [-0.2, -0.15) is 0 Å². The molecule has 1 N–H and O–H groups in total. The second kappa shape index (κ2) is 8.69. The van der Waals surface area contributed by atoms with Crippen molar-refractivity contribution in [3.63, 3.8) is 0 Å². The molecule has 0 bridgehead atoms. The lowest BCUT2D eigenvalue weighted by Gasteiger charge is -2.32. The third-order valence-corrected chi connectivity index (χ3v) is 4.47. The first kappa shape index (κ1) is 16.7. The van der Waals surface area contributed by atoms with E-state index in [9.17, 15) is 4.39 Å². The standard InChI is InChI=1S/C16H24ClFN2O/c1-21-10-7-19-11-13-5-8-20(9-6-13)12-14-3-2-4-15(18)16(14)17/h2-4,13,19H,5-12H2,1H3. The molecule has 0 aliphatic carbocycles. The van der Waals surface area contributed by atoms with Gasteiger partial charge in [-0.05, 0) is 50.0 Å². The van der Waals surface area contributed by atoms with Crippen LogP contribution in [-0.2, 0) is 11.3 Å². The first-order valence-corrected chi connectivity index (χ1v) is 7.93. The molecule has 5 heteroatoms. The summed E-state index contributed by atoms with van der Waals surface area (Å²) in [6, 6.07) is 5.04. The molecule has 1 aromatic carbocycles. The number of likely N-dealkylation sites (tertiary alicyclic amines) is 1. The summed E-state index contributed by atoms with van der Waals surface area (Å²) >= 11 is 6.02. The van der Waals surface area contributed by atoms with E-state index in [-0.39, 0.29) is 10.8 Å². The van der Waals surface area contributed by atoms with Crippen molar-refractivity contribution in [2.24, 2.45) is 5.92 Å². The fourth-order valence-electron chi connectivity index (χ4n) is 2.74. The van der Waals surface area contributed by atoms with Gasteiger partial charge in [0, 0.05) is 20.2 Å². The van der Waals surface area contributed by atoms with Gasteiger partial charge in [-0.1, -0.05) is 23.7 Å². The van der Waals surface area contributed by atoms with Crippen molar-refractivity contribution in [2.75, 3.05) is 39.9 Å². The van der Waals surface area contributed by atoms with E-state index in [2.05, 4.69) is 10.2 Å². The predicted molar refractivity (Wildman–Crippen MR) is 84.2 cm³/mol. The van der Waals surface area contributed by atoms with Crippen LogP contribution in [0.3, 0.4) is 0 Å². The molecule has 21 heavy (non-hydrogen) atoms. The maximum absolute atomic E-state index is 13.4. The summed E-state index contributed by atoms with van der Waals surface area (Å²) in [5.41, 5.74) is 0.883. The van der Waals surface area contributed by atoms with E-state index in [1.165, 1.54) is 18.9 Å². The Bertz CT molecular complexity index is 436. The second-order valence-corrected chi connectivity index (χ2v) is 6.01. The minimum Gasteiger partial charge on any atom is -0.383 e. The van der Waals surface area contributed by atoms with E-state index in [0.29, 0.717) is 0 Å². The van der Waals surface area contributed by atoms with Crippen molar-refractivity contribution >= 4 is 11.6 Å². The molecule has 0 aromatic heterocycles. The Kier molecular flexibility index (Phi) is 6.90. The van der Waals surface area contributed by atoms with Gasteiger partial charge < -0.3 is 10.1 Å². The van der Waals surface area contributed by atoms with Gasteiger partial charge in [0.2, 0.25) is 0 Å². The summed E-state index contributed by atoms with van der Waals surface area (Å²) in [6.07, 6.45) is 2.35. The van der Waals surface area contributed by atoms with Crippen LogP contribution in [0.15, 0.2) is 18.2 Å². The molecule has 1 aliphatic rings. The maximum Gasteiger partial charge on any atom is 0.142 e. The van der Waals surface area contributed by atoms with Crippen LogP contribution in [0.2, 0.25) is 5.02 Å². The van der Waals surface area contributed by atoms with Crippen LogP contribution in [0.25, 0.3) is 0 Å². The van der Waals surface area contributed by atoms with Crippen LogP contribution >= 0.6 is 11.6 Å². The molecule has 3 nitrogen and oxygen atoms in total.